The van der Waals surface area contributed by atoms with E-state index in [0.29, 0.717) is 6.54 Å². The predicted octanol–water partition coefficient (Wildman–Crippen LogP) is 3.74. The molecular formula is C10H14F3NS. The number of thiophene rings is 1. The van der Waals surface area contributed by atoms with Crippen molar-refractivity contribution in [1.29, 1.82) is 0 Å². The molecule has 0 saturated heterocycles. The molecule has 0 fully saturated rings. The van der Waals surface area contributed by atoms with Crippen LogP contribution in [-0.4, -0.2) is 12.7 Å². The van der Waals surface area contributed by atoms with Gasteiger partial charge in [-0.25, -0.2) is 0 Å². The van der Waals surface area contributed by atoms with Crippen LogP contribution in [0.1, 0.15) is 30.7 Å². The van der Waals surface area contributed by atoms with Crippen molar-refractivity contribution < 1.29 is 13.2 Å². The van der Waals surface area contributed by atoms with Crippen molar-refractivity contribution in [3.05, 3.63) is 22.4 Å². The summed E-state index contributed by atoms with van der Waals surface area (Å²) in [4.78, 5) is 0.973. The quantitative estimate of drug-likeness (QED) is 0.822. The van der Waals surface area contributed by atoms with Gasteiger partial charge in [0.2, 0.25) is 0 Å². The van der Waals surface area contributed by atoms with Crippen molar-refractivity contribution in [3.63, 3.8) is 0 Å². The lowest BCUT2D eigenvalue weighted by Crippen LogP contribution is -2.22. The molecule has 0 aliphatic carbocycles. The molecular weight excluding hydrogens is 223 g/mol. The van der Waals surface area contributed by atoms with Crippen LogP contribution in [0.4, 0.5) is 13.2 Å². The molecule has 1 aromatic heterocycles. The number of alkyl halides is 3. The van der Waals surface area contributed by atoms with E-state index in [1.807, 2.05) is 24.4 Å². The van der Waals surface area contributed by atoms with Crippen molar-refractivity contribution >= 4 is 11.3 Å². The molecule has 0 spiro atoms. The van der Waals surface area contributed by atoms with Gasteiger partial charge >= 0.3 is 6.18 Å². The second kappa shape index (κ2) is 5.51. The normalized spacial score (nSPS) is 14.1. The first kappa shape index (κ1) is 12.5. The van der Waals surface area contributed by atoms with Crippen LogP contribution in [0.2, 0.25) is 0 Å². The number of halogens is 3. The first-order chi connectivity index (χ1) is 7.03. The predicted molar refractivity (Wildman–Crippen MR) is 56.0 cm³/mol. The van der Waals surface area contributed by atoms with Crippen molar-refractivity contribution in [2.75, 3.05) is 6.54 Å². The fraction of sp³-hybridized carbons (Fsp3) is 0.600. The van der Waals surface area contributed by atoms with Crippen LogP contribution in [0, 0.1) is 0 Å². The SMILES string of the molecule is CCNC(CCC(F)(F)F)c1cccs1. The summed E-state index contributed by atoms with van der Waals surface area (Å²) in [5, 5.41) is 4.95. The molecule has 1 unspecified atom stereocenters. The molecule has 0 saturated carbocycles. The van der Waals surface area contributed by atoms with Crippen molar-refractivity contribution in [2.45, 2.75) is 32.0 Å². The zero-order valence-electron chi connectivity index (χ0n) is 8.47. The van der Waals surface area contributed by atoms with E-state index in [4.69, 9.17) is 0 Å². The summed E-state index contributed by atoms with van der Waals surface area (Å²) in [5.74, 6) is 0. The number of hydrogen-bond donors (Lipinski definition) is 1. The van der Waals surface area contributed by atoms with Gasteiger partial charge in [-0.2, -0.15) is 13.2 Å². The lowest BCUT2D eigenvalue weighted by Gasteiger charge is -2.17. The van der Waals surface area contributed by atoms with Crippen LogP contribution in [-0.2, 0) is 0 Å². The monoisotopic (exact) mass is 237 g/mol. The highest BCUT2D eigenvalue weighted by molar-refractivity contribution is 7.10. The summed E-state index contributed by atoms with van der Waals surface area (Å²) < 4.78 is 36.2. The van der Waals surface area contributed by atoms with E-state index in [-0.39, 0.29) is 12.5 Å². The molecule has 15 heavy (non-hydrogen) atoms. The van der Waals surface area contributed by atoms with Crippen molar-refractivity contribution in [1.82, 2.24) is 5.32 Å². The van der Waals surface area contributed by atoms with E-state index in [0.717, 1.165) is 4.88 Å². The van der Waals surface area contributed by atoms with Crippen LogP contribution in [0.25, 0.3) is 0 Å². The standard InChI is InChI=1S/C10H14F3NS/c1-2-14-8(5-6-10(11,12)13)9-4-3-7-15-9/h3-4,7-8,14H,2,5-6H2,1H3. The number of rotatable bonds is 5. The smallest absolute Gasteiger partial charge is 0.310 e. The van der Waals surface area contributed by atoms with E-state index in [1.165, 1.54) is 11.3 Å². The van der Waals surface area contributed by atoms with Crippen molar-refractivity contribution in [2.24, 2.45) is 0 Å². The summed E-state index contributed by atoms with van der Waals surface area (Å²) in [6.07, 6.45) is -4.69. The van der Waals surface area contributed by atoms with Gasteiger partial charge < -0.3 is 5.32 Å². The van der Waals surface area contributed by atoms with Crippen LogP contribution in [0.3, 0.4) is 0 Å². The van der Waals surface area contributed by atoms with Gasteiger partial charge in [0.25, 0.3) is 0 Å². The van der Waals surface area contributed by atoms with Gasteiger partial charge in [0.1, 0.15) is 0 Å². The Morgan fingerprint density at radius 3 is 2.67 bits per heavy atom. The van der Waals surface area contributed by atoms with E-state index in [9.17, 15) is 13.2 Å². The third-order valence-electron chi connectivity index (χ3n) is 2.05. The minimum Gasteiger partial charge on any atom is -0.310 e. The zero-order valence-corrected chi connectivity index (χ0v) is 9.29. The van der Waals surface area contributed by atoms with E-state index in [2.05, 4.69) is 5.32 Å². The lowest BCUT2D eigenvalue weighted by atomic mass is 10.1. The maximum Gasteiger partial charge on any atom is 0.389 e. The highest BCUT2D eigenvalue weighted by atomic mass is 32.1. The third-order valence-corrected chi connectivity index (χ3v) is 3.04. The Morgan fingerprint density at radius 2 is 2.20 bits per heavy atom. The third kappa shape index (κ3) is 4.66. The summed E-state index contributed by atoms with van der Waals surface area (Å²) in [6, 6.07) is 3.56. The molecule has 1 aromatic rings. The summed E-state index contributed by atoms with van der Waals surface area (Å²) in [7, 11) is 0. The Morgan fingerprint density at radius 1 is 1.47 bits per heavy atom. The molecule has 1 heterocycles. The average molecular weight is 237 g/mol. The second-order valence-electron chi connectivity index (χ2n) is 3.28. The minimum absolute atomic E-state index is 0.109. The maximum atomic E-state index is 12.1. The fourth-order valence-corrected chi connectivity index (χ4v) is 2.23. The Kier molecular flexibility index (Phi) is 4.60. The summed E-state index contributed by atoms with van der Waals surface area (Å²) in [6.45, 7) is 2.58. The fourth-order valence-electron chi connectivity index (χ4n) is 1.39. The summed E-state index contributed by atoms with van der Waals surface area (Å²) in [5.41, 5.74) is 0. The van der Waals surface area contributed by atoms with Crippen LogP contribution in [0.5, 0.6) is 0 Å². The molecule has 0 aromatic carbocycles. The average Bonchev–Trinajstić information content (AvgIpc) is 2.63. The highest BCUT2D eigenvalue weighted by Gasteiger charge is 2.28. The van der Waals surface area contributed by atoms with E-state index >= 15 is 0 Å². The van der Waals surface area contributed by atoms with Gasteiger partial charge in [0.15, 0.2) is 0 Å². The first-order valence-electron chi connectivity index (χ1n) is 4.86. The van der Waals surface area contributed by atoms with Gasteiger partial charge in [-0.05, 0) is 24.4 Å². The lowest BCUT2D eigenvalue weighted by molar-refractivity contribution is -0.136. The molecule has 1 N–H and O–H groups in total. The van der Waals surface area contributed by atoms with Gasteiger partial charge in [0.05, 0.1) is 0 Å². The van der Waals surface area contributed by atoms with Crippen LogP contribution in [0.15, 0.2) is 17.5 Å². The topological polar surface area (TPSA) is 12.0 Å². The summed E-state index contributed by atoms with van der Waals surface area (Å²) >= 11 is 1.49. The molecule has 1 nitrogen and oxygen atoms in total. The van der Waals surface area contributed by atoms with Crippen LogP contribution < -0.4 is 5.32 Å². The maximum absolute atomic E-state index is 12.1. The van der Waals surface area contributed by atoms with Crippen LogP contribution >= 0.6 is 11.3 Å². The van der Waals surface area contributed by atoms with Gasteiger partial charge in [-0.3, -0.25) is 0 Å². The van der Waals surface area contributed by atoms with E-state index in [1.54, 1.807) is 0 Å². The van der Waals surface area contributed by atoms with Gasteiger partial charge in [-0.1, -0.05) is 13.0 Å². The Hall–Kier alpha value is -0.550. The molecule has 0 radical (unpaired) electrons. The molecule has 0 aliphatic heterocycles. The molecule has 0 amide bonds. The minimum atomic E-state index is -4.06. The van der Waals surface area contributed by atoms with Crippen molar-refractivity contribution in [3.8, 4) is 0 Å². The molecule has 1 rings (SSSR count). The molecule has 5 heteroatoms. The van der Waals surface area contributed by atoms with E-state index < -0.39 is 12.6 Å². The number of hydrogen-bond acceptors (Lipinski definition) is 2. The molecule has 0 bridgehead atoms. The Labute approximate surface area is 91.3 Å². The highest BCUT2D eigenvalue weighted by Crippen LogP contribution is 2.29. The number of nitrogens with one attached hydrogen (secondary N) is 1. The largest absolute Gasteiger partial charge is 0.389 e. The van der Waals surface area contributed by atoms with Gasteiger partial charge in [0, 0.05) is 17.3 Å². The second-order valence-corrected chi connectivity index (χ2v) is 4.26. The Bertz CT molecular complexity index is 269. The Balaban J connectivity index is 2.52. The zero-order chi connectivity index (χ0) is 11.3. The first-order valence-corrected chi connectivity index (χ1v) is 5.74. The molecule has 86 valence electrons. The molecule has 0 aliphatic rings. The van der Waals surface area contributed by atoms with Gasteiger partial charge in [-0.15, -0.1) is 11.3 Å². The molecule has 1 atom stereocenters.